The summed E-state index contributed by atoms with van der Waals surface area (Å²) in [6.45, 7) is 4.58. The van der Waals surface area contributed by atoms with Gasteiger partial charge in [0, 0.05) is 10.5 Å². The quantitative estimate of drug-likeness (QED) is 0.821. The fourth-order valence-electron chi connectivity index (χ4n) is 1.61. The van der Waals surface area contributed by atoms with Crippen LogP contribution in [0.15, 0.2) is 28.7 Å². The number of rotatable bonds is 6. The first-order valence-electron chi connectivity index (χ1n) is 5.81. The zero-order chi connectivity index (χ0) is 12.7. The lowest BCUT2D eigenvalue weighted by Gasteiger charge is -2.16. The van der Waals surface area contributed by atoms with Crippen LogP contribution in [0.4, 0.5) is 0 Å². The SMILES string of the molecule is CCOC(=O)CNC(CC)c1ccc(Br)cc1. The third kappa shape index (κ3) is 4.88. The third-order valence-corrected chi connectivity index (χ3v) is 3.01. The Morgan fingerprint density at radius 2 is 2.00 bits per heavy atom. The third-order valence-electron chi connectivity index (χ3n) is 2.48. The summed E-state index contributed by atoms with van der Waals surface area (Å²) in [6.07, 6.45) is 0.932. The molecule has 0 bridgehead atoms. The number of carbonyl (C=O) groups excluding carboxylic acids is 1. The minimum atomic E-state index is -0.205. The second kappa shape index (κ2) is 7.45. The van der Waals surface area contributed by atoms with Gasteiger partial charge in [-0.2, -0.15) is 0 Å². The lowest BCUT2D eigenvalue weighted by molar-refractivity contribution is -0.142. The number of ether oxygens (including phenoxy) is 1. The maximum absolute atomic E-state index is 11.3. The number of benzene rings is 1. The van der Waals surface area contributed by atoms with Crippen LogP contribution in [-0.4, -0.2) is 19.1 Å². The number of hydrogen-bond acceptors (Lipinski definition) is 3. The molecule has 0 saturated heterocycles. The molecule has 94 valence electrons. The number of esters is 1. The van der Waals surface area contributed by atoms with Gasteiger partial charge in [0.05, 0.1) is 13.2 Å². The lowest BCUT2D eigenvalue weighted by atomic mass is 10.0. The van der Waals surface area contributed by atoms with Crippen molar-refractivity contribution in [3.63, 3.8) is 0 Å². The highest BCUT2D eigenvalue weighted by molar-refractivity contribution is 9.10. The van der Waals surface area contributed by atoms with Crippen molar-refractivity contribution in [3.05, 3.63) is 34.3 Å². The van der Waals surface area contributed by atoms with Crippen LogP contribution in [0.1, 0.15) is 31.9 Å². The summed E-state index contributed by atoms with van der Waals surface area (Å²) in [5.74, 6) is -0.205. The molecule has 0 aliphatic heterocycles. The highest BCUT2D eigenvalue weighted by Crippen LogP contribution is 2.19. The summed E-state index contributed by atoms with van der Waals surface area (Å²) in [4.78, 5) is 11.3. The Bertz CT molecular complexity index is 351. The maximum Gasteiger partial charge on any atom is 0.319 e. The van der Waals surface area contributed by atoms with Crippen LogP contribution in [0, 0.1) is 0 Å². The van der Waals surface area contributed by atoms with E-state index in [9.17, 15) is 4.79 Å². The summed E-state index contributed by atoms with van der Waals surface area (Å²) < 4.78 is 5.94. The molecule has 0 saturated carbocycles. The smallest absolute Gasteiger partial charge is 0.319 e. The predicted molar refractivity (Wildman–Crippen MR) is 71.8 cm³/mol. The van der Waals surface area contributed by atoms with Gasteiger partial charge < -0.3 is 10.1 Å². The van der Waals surface area contributed by atoms with E-state index in [0.29, 0.717) is 6.61 Å². The van der Waals surface area contributed by atoms with Crippen molar-refractivity contribution >= 4 is 21.9 Å². The molecule has 17 heavy (non-hydrogen) atoms. The summed E-state index contributed by atoms with van der Waals surface area (Å²) in [6, 6.07) is 8.30. The van der Waals surface area contributed by atoms with Gasteiger partial charge in [-0.3, -0.25) is 4.79 Å². The van der Waals surface area contributed by atoms with Crippen molar-refractivity contribution < 1.29 is 9.53 Å². The van der Waals surface area contributed by atoms with Crippen molar-refractivity contribution in [1.82, 2.24) is 5.32 Å². The van der Waals surface area contributed by atoms with Crippen LogP contribution >= 0.6 is 15.9 Å². The first-order chi connectivity index (χ1) is 8.17. The minimum absolute atomic E-state index is 0.188. The average Bonchev–Trinajstić information content (AvgIpc) is 2.32. The molecule has 1 rings (SSSR count). The Morgan fingerprint density at radius 1 is 1.35 bits per heavy atom. The zero-order valence-corrected chi connectivity index (χ0v) is 11.8. The van der Waals surface area contributed by atoms with Gasteiger partial charge in [0.1, 0.15) is 0 Å². The van der Waals surface area contributed by atoms with Gasteiger partial charge in [0.25, 0.3) is 0 Å². The molecule has 1 N–H and O–H groups in total. The molecule has 0 radical (unpaired) electrons. The van der Waals surface area contributed by atoms with Crippen LogP contribution in [0.25, 0.3) is 0 Å². The number of hydrogen-bond donors (Lipinski definition) is 1. The zero-order valence-electron chi connectivity index (χ0n) is 10.2. The van der Waals surface area contributed by atoms with E-state index in [1.54, 1.807) is 0 Å². The minimum Gasteiger partial charge on any atom is -0.465 e. The Labute approximate surface area is 111 Å². The molecule has 1 aromatic rings. The monoisotopic (exact) mass is 299 g/mol. The summed E-state index contributed by atoms with van der Waals surface area (Å²) in [7, 11) is 0. The van der Waals surface area contributed by atoms with Crippen LogP contribution in [0.5, 0.6) is 0 Å². The Balaban J connectivity index is 2.54. The van der Waals surface area contributed by atoms with Gasteiger partial charge in [-0.15, -0.1) is 0 Å². The molecular formula is C13H18BrNO2. The van der Waals surface area contributed by atoms with Crippen molar-refractivity contribution in [1.29, 1.82) is 0 Å². The van der Waals surface area contributed by atoms with Crippen LogP contribution in [-0.2, 0) is 9.53 Å². The van der Waals surface area contributed by atoms with Crippen molar-refractivity contribution in [2.45, 2.75) is 26.3 Å². The standard InChI is InChI=1S/C13H18BrNO2/c1-3-12(15-9-13(16)17-4-2)10-5-7-11(14)8-6-10/h5-8,12,15H,3-4,9H2,1-2H3. The summed E-state index contributed by atoms with van der Waals surface area (Å²) in [5, 5.41) is 3.20. The molecule has 0 fully saturated rings. The van der Waals surface area contributed by atoms with E-state index in [1.165, 1.54) is 5.56 Å². The van der Waals surface area contributed by atoms with Crippen LogP contribution < -0.4 is 5.32 Å². The Kier molecular flexibility index (Phi) is 6.22. The van der Waals surface area contributed by atoms with E-state index in [1.807, 2.05) is 19.1 Å². The molecule has 0 heterocycles. The second-order valence-electron chi connectivity index (χ2n) is 3.70. The Morgan fingerprint density at radius 3 is 2.53 bits per heavy atom. The van der Waals surface area contributed by atoms with Crippen molar-refractivity contribution in [2.24, 2.45) is 0 Å². The summed E-state index contributed by atoms with van der Waals surface area (Å²) >= 11 is 3.40. The van der Waals surface area contributed by atoms with Gasteiger partial charge in [0.2, 0.25) is 0 Å². The van der Waals surface area contributed by atoms with E-state index < -0.39 is 0 Å². The van der Waals surface area contributed by atoms with E-state index in [0.717, 1.165) is 10.9 Å². The molecule has 0 aromatic heterocycles. The molecule has 0 spiro atoms. The molecule has 1 unspecified atom stereocenters. The van der Waals surface area contributed by atoms with E-state index in [4.69, 9.17) is 4.74 Å². The molecule has 0 amide bonds. The lowest BCUT2D eigenvalue weighted by Crippen LogP contribution is -2.28. The first-order valence-corrected chi connectivity index (χ1v) is 6.61. The number of halogens is 1. The van der Waals surface area contributed by atoms with E-state index in [-0.39, 0.29) is 18.6 Å². The molecule has 1 atom stereocenters. The van der Waals surface area contributed by atoms with Gasteiger partial charge in [-0.05, 0) is 31.0 Å². The fourth-order valence-corrected chi connectivity index (χ4v) is 1.88. The molecule has 3 nitrogen and oxygen atoms in total. The molecule has 1 aromatic carbocycles. The molecule has 4 heteroatoms. The second-order valence-corrected chi connectivity index (χ2v) is 4.61. The molecule has 0 aliphatic carbocycles. The topological polar surface area (TPSA) is 38.3 Å². The average molecular weight is 300 g/mol. The van der Waals surface area contributed by atoms with Gasteiger partial charge in [-0.25, -0.2) is 0 Å². The maximum atomic E-state index is 11.3. The van der Waals surface area contributed by atoms with Crippen LogP contribution in [0.3, 0.4) is 0 Å². The molecular weight excluding hydrogens is 282 g/mol. The van der Waals surface area contributed by atoms with Crippen molar-refractivity contribution in [3.8, 4) is 0 Å². The fraction of sp³-hybridized carbons (Fsp3) is 0.462. The first kappa shape index (κ1) is 14.2. The number of nitrogens with one attached hydrogen (secondary N) is 1. The van der Waals surface area contributed by atoms with Gasteiger partial charge in [0.15, 0.2) is 0 Å². The summed E-state index contributed by atoms with van der Waals surface area (Å²) in [5.41, 5.74) is 1.18. The normalized spacial score (nSPS) is 12.2. The molecule has 0 aliphatic rings. The number of carbonyl (C=O) groups is 1. The largest absolute Gasteiger partial charge is 0.465 e. The highest BCUT2D eigenvalue weighted by atomic mass is 79.9. The Hall–Kier alpha value is -0.870. The van der Waals surface area contributed by atoms with Gasteiger partial charge >= 0.3 is 5.97 Å². The van der Waals surface area contributed by atoms with Gasteiger partial charge in [-0.1, -0.05) is 35.0 Å². The predicted octanol–water partition coefficient (Wildman–Crippen LogP) is 3.05. The van der Waals surface area contributed by atoms with Crippen molar-refractivity contribution in [2.75, 3.05) is 13.2 Å². The highest BCUT2D eigenvalue weighted by Gasteiger charge is 2.10. The van der Waals surface area contributed by atoms with Crippen LogP contribution in [0.2, 0.25) is 0 Å². The van der Waals surface area contributed by atoms with E-state index in [2.05, 4.69) is 40.3 Å². The van der Waals surface area contributed by atoms with E-state index >= 15 is 0 Å².